The van der Waals surface area contributed by atoms with Crippen molar-refractivity contribution < 1.29 is 19.4 Å². The van der Waals surface area contributed by atoms with Crippen LogP contribution in [0.1, 0.15) is 51.5 Å². The number of benzene rings is 1. The van der Waals surface area contributed by atoms with Crippen LogP contribution in [-0.2, 0) is 16.1 Å². The Morgan fingerprint density at radius 2 is 1.80 bits per heavy atom. The minimum absolute atomic E-state index is 0.0147. The van der Waals surface area contributed by atoms with Crippen molar-refractivity contribution in [2.24, 2.45) is 17.8 Å². The minimum atomic E-state index is -0.744. The lowest BCUT2D eigenvalue weighted by Gasteiger charge is -2.25. The average Bonchev–Trinajstić information content (AvgIpc) is 2.60. The molecule has 0 bridgehead atoms. The van der Waals surface area contributed by atoms with Gasteiger partial charge in [-0.15, -0.1) is 0 Å². The van der Waals surface area contributed by atoms with Gasteiger partial charge in [-0.3, -0.25) is 9.59 Å². The number of hydrogen-bond acceptors (Lipinski definition) is 3. The Kier molecular flexibility index (Phi) is 7.29. The fourth-order valence-electron chi connectivity index (χ4n) is 3.12. The lowest BCUT2D eigenvalue weighted by molar-refractivity contribution is -0.144. The van der Waals surface area contributed by atoms with Crippen molar-refractivity contribution in [3.05, 3.63) is 29.8 Å². The summed E-state index contributed by atoms with van der Waals surface area (Å²) < 4.78 is 5.85. The summed E-state index contributed by atoms with van der Waals surface area (Å²) in [6.45, 7) is 5.43. The number of para-hydroxylation sites is 1. The summed E-state index contributed by atoms with van der Waals surface area (Å²) in [7, 11) is 0. The maximum absolute atomic E-state index is 12.4. The summed E-state index contributed by atoms with van der Waals surface area (Å²) in [6.07, 6.45) is 3.46. The summed E-state index contributed by atoms with van der Waals surface area (Å²) in [4.78, 5) is 23.4. The van der Waals surface area contributed by atoms with Crippen LogP contribution in [0.3, 0.4) is 0 Å². The number of nitrogens with one attached hydrogen (secondary N) is 1. The van der Waals surface area contributed by atoms with Gasteiger partial charge in [0.1, 0.15) is 5.75 Å². The fraction of sp³-hybridized carbons (Fsp3) is 0.600. The largest absolute Gasteiger partial charge is 0.493 e. The lowest BCUT2D eigenvalue weighted by Crippen LogP contribution is -2.34. The van der Waals surface area contributed by atoms with Crippen LogP contribution >= 0.6 is 0 Å². The number of carboxylic acids is 1. The molecular formula is C20H29NO4. The van der Waals surface area contributed by atoms with Crippen molar-refractivity contribution in [2.75, 3.05) is 6.61 Å². The van der Waals surface area contributed by atoms with E-state index in [9.17, 15) is 9.59 Å². The van der Waals surface area contributed by atoms with E-state index in [0.717, 1.165) is 17.7 Å². The molecule has 0 aliphatic heterocycles. The molecule has 1 amide bonds. The first-order valence-electron chi connectivity index (χ1n) is 9.18. The summed E-state index contributed by atoms with van der Waals surface area (Å²) in [5.74, 6) is 0.307. The van der Waals surface area contributed by atoms with Crippen LogP contribution in [0.2, 0.25) is 0 Å². The lowest BCUT2D eigenvalue weighted by atomic mass is 9.81. The van der Waals surface area contributed by atoms with E-state index in [1.54, 1.807) is 0 Å². The molecule has 1 aliphatic rings. The zero-order valence-electron chi connectivity index (χ0n) is 15.2. The molecule has 1 fully saturated rings. The molecular weight excluding hydrogens is 318 g/mol. The topological polar surface area (TPSA) is 75.6 Å². The van der Waals surface area contributed by atoms with Gasteiger partial charge in [0, 0.05) is 18.0 Å². The highest BCUT2D eigenvalue weighted by atomic mass is 16.5. The first-order chi connectivity index (χ1) is 12.0. The zero-order valence-corrected chi connectivity index (χ0v) is 15.2. The molecule has 5 nitrogen and oxygen atoms in total. The van der Waals surface area contributed by atoms with Gasteiger partial charge < -0.3 is 15.2 Å². The second-order valence-electron chi connectivity index (χ2n) is 7.24. The summed E-state index contributed by atoms with van der Waals surface area (Å²) in [5, 5.41) is 12.0. The normalized spacial score (nSPS) is 20.3. The van der Waals surface area contributed by atoms with Crippen LogP contribution < -0.4 is 10.1 Å². The molecule has 2 N–H and O–H groups in total. The minimum Gasteiger partial charge on any atom is -0.493 e. The van der Waals surface area contributed by atoms with Crippen molar-refractivity contribution in [2.45, 2.75) is 52.5 Å². The van der Waals surface area contributed by atoms with Crippen LogP contribution in [-0.4, -0.2) is 23.6 Å². The van der Waals surface area contributed by atoms with Gasteiger partial charge in [0.2, 0.25) is 5.91 Å². The fourth-order valence-corrected chi connectivity index (χ4v) is 3.12. The Bertz CT molecular complexity index is 577. The first-order valence-corrected chi connectivity index (χ1v) is 9.18. The molecule has 0 saturated heterocycles. The average molecular weight is 347 g/mol. The highest BCUT2D eigenvalue weighted by Crippen LogP contribution is 2.29. The van der Waals surface area contributed by atoms with Gasteiger partial charge in [-0.1, -0.05) is 32.0 Å². The predicted molar refractivity (Wildman–Crippen MR) is 96.3 cm³/mol. The molecule has 1 aromatic carbocycles. The predicted octanol–water partition coefficient (Wildman–Crippen LogP) is 3.62. The maximum atomic E-state index is 12.4. The molecule has 0 spiro atoms. The molecule has 0 heterocycles. The van der Waals surface area contributed by atoms with Gasteiger partial charge in [-0.25, -0.2) is 0 Å². The van der Waals surface area contributed by atoms with Crippen molar-refractivity contribution >= 4 is 11.9 Å². The van der Waals surface area contributed by atoms with Crippen LogP contribution in [0, 0.1) is 17.8 Å². The maximum Gasteiger partial charge on any atom is 0.306 e. The number of amides is 1. The number of aliphatic carboxylic acids is 1. The smallest absolute Gasteiger partial charge is 0.306 e. The zero-order chi connectivity index (χ0) is 18.2. The monoisotopic (exact) mass is 347 g/mol. The van der Waals surface area contributed by atoms with E-state index in [-0.39, 0.29) is 17.7 Å². The van der Waals surface area contributed by atoms with Gasteiger partial charge in [-0.05, 0) is 44.1 Å². The van der Waals surface area contributed by atoms with E-state index >= 15 is 0 Å². The summed E-state index contributed by atoms with van der Waals surface area (Å²) in [6, 6.07) is 7.77. The number of carbonyl (C=O) groups is 2. The molecule has 2 rings (SSSR count). The van der Waals surface area contributed by atoms with Crippen molar-refractivity contribution in [1.29, 1.82) is 0 Å². The number of hydrogen-bond donors (Lipinski definition) is 2. The third-order valence-corrected chi connectivity index (χ3v) is 4.83. The van der Waals surface area contributed by atoms with E-state index in [4.69, 9.17) is 9.84 Å². The van der Waals surface area contributed by atoms with Crippen molar-refractivity contribution in [3.63, 3.8) is 0 Å². The standard InChI is InChI=1S/C20H29NO4/c1-14(2)11-12-25-18-6-4-3-5-17(18)13-21-19(22)15-7-9-16(10-8-15)20(23)24/h3-6,14-16H,7-13H2,1-2H3,(H,21,22)(H,23,24). The Morgan fingerprint density at radius 3 is 2.44 bits per heavy atom. The van der Waals surface area contributed by atoms with Crippen molar-refractivity contribution in [3.8, 4) is 5.75 Å². The van der Waals surface area contributed by atoms with E-state index in [0.29, 0.717) is 44.8 Å². The Labute approximate surface area is 149 Å². The summed E-state index contributed by atoms with van der Waals surface area (Å²) in [5.41, 5.74) is 0.971. The van der Waals surface area contributed by atoms with Gasteiger partial charge >= 0.3 is 5.97 Å². The molecule has 0 atom stereocenters. The quantitative estimate of drug-likeness (QED) is 0.753. The molecule has 0 unspecified atom stereocenters. The van der Waals surface area contributed by atoms with Crippen LogP contribution in [0.5, 0.6) is 5.75 Å². The SMILES string of the molecule is CC(C)CCOc1ccccc1CNC(=O)C1CCC(C(=O)O)CC1. The number of carboxylic acid groups (broad SMARTS) is 1. The highest BCUT2D eigenvalue weighted by molar-refractivity contribution is 5.79. The van der Waals surface area contributed by atoms with E-state index in [1.807, 2.05) is 24.3 Å². The van der Waals surface area contributed by atoms with Gasteiger partial charge in [0.05, 0.1) is 12.5 Å². The third-order valence-electron chi connectivity index (χ3n) is 4.83. The molecule has 138 valence electrons. The Morgan fingerprint density at radius 1 is 1.16 bits per heavy atom. The van der Waals surface area contributed by atoms with Gasteiger partial charge in [0.25, 0.3) is 0 Å². The van der Waals surface area contributed by atoms with Gasteiger partial charge in [0.15, 0.2) is 0 Å². The second-order valence-corrected chi connectivity index (χ2v) is 7.24. The molecule has 25 heavy (non-hydrogen) atoms. The number of carbonyl (C=O) groups excluding carboxylic acids is 1. The Hall–Kier alpha value is -2.04. The number of rotatable bonds is 8. The molecule has 1 saturated carbocycles. The molecule has 0 aromatic heterocycles. The molecule has 0 radical (unpaired) electrons. The van der Waals surface area contributed by atoms with Crippen molar-refractivity contribution in [1.82, 2.24) is 5.32 Å². The Balaban J connectivity index is 1.82. The van der Waals surface area contributed by atoms with Gasteiger partial charge in [-0.2, -0.15) is 0 Å². The first kappa shape index (κ1) is 19.3. The number of ether oxygens (including phenoxy) is 1. The van der Waals surface area contributed by atoms with Crippen LogP contribution in [0.4, 0.5) is 0 Å². The van der Waals surface area contributed by atoms with E-state index in [2.05, 4.69) is 19.2 Å². The van der Waals surface area contributed by atoms with E-state index in [1.165, 1.54) is 0 Å². The van der Waals surface area contributed by atoms with Crippen LogP contribution in [0.15, 0.2) is 24.3 Å². The molecule has 5 heteroatoms. The second kappa shape index (κ2) is 9.44. The third kappa shape index (κ3) is 6.07. The summed E-state index contributed by atoms with van der Waals surface area (Å²) >= 11 is 0. The van der Waals surface area contributed by atoms with E-state index < -0.39 is 5.97 Å². The molecule has 1 aromatic rings. The van der Waals surface area contributed by atoms with Crippen LogP contribution in [0.25, 0.3) is 0 Å². The molecule has 1 aliphatic carbocycles. The highest BCUT2D eigenvalue weighted by Gasteiger charge is 2.29.